The van der Waals surface area contributed by atoms with Gasteiger partial charge in [-0.1, -0.05) is 172 Å². The van der Waals surface area contributed by atoms with Crippen LogP contribution in [-0.2, 0) is 10.8 Å². The van der Waals surface area contributed by atoms with Crippen LogP contribution in [0.4, 0.5) is 0 Å². The Hall–Kier alpha value is -6.45. The third-order valence-electron chi connectivity index (χ3n) is 15.7. The van der Waals surface area contributed by atoms with E-state index in [-0.39, 0.29) is 10.8 Å². The quantitative estimate of drug-likeness (QED) is 0.174. The Morgan fingerprint density at radius 3 is 1.46 bits per heavy atom. The van der Waals surface area contributed by atoms with Crippen molar-refractivity contribution in [1.29, 1.82) is 0 Å². The summed E-state index contributed by atoms with van der Waals surface area (Å²) >= 11 is 0. The molecule has 6 aliphatic rings. The zero-order chi connectivity index (χ0) is 40.5. The van der Waals surface area contributed by atoms with Crippen LogP contribution >= 0.6 is 0 Å². The van der Waals surface area contributed by atoms with E-state index in [4.69, 9.17) is 15.0 Å². The van der Waals surface area contributed by atoms with Gasteiger partial charge >= 0.3 is 0 Å². The SMILES string of the molecule is CC1(C)c2ccc(-c3nc(-c4ccccc4-c4ccccc4)nc(-c4ccccc4-c4ccccc4)n3)cc2-c2c1ccc1c2C2(c3ccccc3-1)C1CC3CC(C1)CC2C3. The summed E-state index contributed by atoms with van der Waals surface area (Å²) in [5.74, 6) is 5.21. The van der Waals surface area contributed by atoms with Crippen molar-refractivity contribution >= 4 is 0 Å². The maximum Gasteiger partial charge on any atom is 0.164 e. The molecule has 6 aliphatic carbocycles. The highest BCUT2D eigenvalue weighted by Crippen LogP contribution is 2.72. The molecule has 0 radical (unpaired) electrons. The molecule has 1 aromatic heterocycles. The van der Waals surface area contributed by atoms with Crippen molar-refractivity contribution in [3.8, 4) is 78.7 Å². The fraction of sp³-hybridized carbons (Fsp3) is 0.224. The largest absolute Gasteiger partial charge is 0.208 e. The van der Waals surface area contributed by atoms with Crippen LogP contribution in [0.25, 0.3) is 78.7 Å². The first-order chi connectivity index (χ1) is 30.0. The van der Waals surface area contributed by atoms with Crippen molar-refractivity contribution < 1.29 is 0 Å². The van der Waals surface area contributed by atoms with Crippen molar-refractivity contribution in [1.82, 2.24) is 15.0 Å². The van der Waals surface area contributed by atoms with E-state index in [9.17, 15) is 0 Å². The van der Waals surface area contributed by atoms with E-state index < -0.39 is 0 Å². The predicted octanol–water partition coefficient (Wildman–Crippen LogP) is 14.2. The highest BCUT2D eigenvalue weighted by molar-refractivity contribution is 5.96. The minimum atomic E-state index is -0.140. The number of rotatable bonds is 5. The number of hydrogen-bond acceptors (Lipinski definition) is 3. The van der Waals surface area contributed by atoms with Gasteiger partial charge in [0.1, 0.15) is 0 Å². The summed E-state index contributed by atoms with van der Waals surface area (Å²) in [4.78, 5) is 16.2. The number of benzene rings is 7. The second-order valence-electron chi connectivity index (χ2n) is 19.1. The molecule has 0 atom stereocenters. The van der Waals surface area contributed by atoms with Gasteiger partial charge in [-0.25, -0.2) is 15.0 Å². The van der Waals surface area contributed by atoms with Crippen LogP contribution in [-0.4, -0.2) is 15.0 Å². The van der Waals surface area contributed by atoms with Gasteiger partial charge in [-0.3, -0.25) is 0 Å². The second kappa shape index (κ2) is 13.0. The number of nitrogens with zero attached hydrogens (tertiary/aromatic N) is 3. The summed E-state index contributed by atoms with van der Waals surface area (Å²) in [5, 5.41) is 0. The molecule has 3 heteroatoms. The molecule has 1 spiro atoms. The van der Waals surface area contributed by atoms with E-state index in [0.29, 0.717) is 29.3 Å². The zero-order valence-corrected chi connectivity index (χ0v) is 34.8. The summed E-state index contributed by atoms with van der Waals surface area (Å²) in [5.41, 5.74) is 19.3. The lowest BCUT2D eigenvalue weighted by Crippen LogP contribution is -2.55. The van der Waals surface area contributed by atoms with Gasteiger partial charge in [0.25, 0.3) is 0 Å². The first-order valence-electron chi connectivity index (χ1n) is 22.5. The van der Waals surface area contributed by atoms with Crippen molar-refractivity contribution in [2.24, 2.45) is 23.7 Å². The van der Waals surface area contributed by atoms with Gasteiger partial charge in [-0.05, 0) is 129 Å². The molecular formula is C58H47N3. The number of fused-ring (bicyclic) bond motifs is 7. The molecule has 0 N–H and O–H groups in total. The lowest BCUT2D eigenvalue weighted by atomic mass is 9.42. The second-order valence-corrected chi connectivity index (χ2v) is 19.1. The Kier molecular flexibility index (Phi) is 7.54. The highest BCUT2D eigenvalue weighted by Gasteiger charge is 2.63. The minimum absolute atomic E-state index is 0.0637. The van der Waals surface area contributed by atoms with Crippen LogP contribution in [0.15, 0.2) is 164 Å². The Bertz CT molecular complexity index is 2940. The van der Waals surface area contributed by atoms with Crippen molar-refractivity contribution in [2.45, 2.75) is 56.8 Å². The zero-order valence-electron chi connectivity index (χ0n) is 34.8. The summed E-state index contributed by atoms with van der Waals surface area (Å²) in [6.45, 7) is 4.88. The highest BCUT2D eigenvalue weighted by atomic mass is 15.0. The van der Waals surface area contributed by atoms with Gasteiger partial charge in [0.05, 0.1) is 0 Å². The van der Waals surface area contributed by atoms with E-state index in [1.807, 2.05) is 0 Å². The Morgan fingerprint density at radius 1 is 0.377 bits per heavy atom. The van der Waals surface area contributed by atoms with E-state index in [0.717, 1.165) is 50.8 Å². The molecule has 294 valence electrons. The maximum absolute atomic E-state index is 5.43. The molecule has 7 aromatic carbocycles. The molecular weight excluding hydrogens is 739 g/mol. The number of hydrogen-bond donors (Lipinski definition) is 0. The molecule has 0 unspecified atom stereocenters. The first-order valence-corrected chi connectivity index (χ1v) is 22.5. The Morgan fingerprint density at radius 2 is 0.869 bits per heavy atom. The third-order valence-corrected chi connectivity index (χ3v) is 15.7. The Labute approximate surface area is 358 Å². The van der Waals surface area contributed by atoms with Crippen molar-refractivity contribution in [2.75, 3.05) is 0 Å². The molecule has 61 heavy (non-hydrogen) atoms. The van der Waals surface area contributed by atoms with Gasteiger partial charge in [-0.2, -0.15) is 0 Å². The fourth-order valence-corrected chi connectivity index (χ4v) is 13.5. The van der Waals surface area contributed by atoms with Gasteiger partial charge in [0.15, 0.2) is 17.5 Å². The molecule has 4 saturated carbocycles. The van der Waals surface area contributed by atoms with Crippen LogP contribution in [0, 0.1) is 23.7 Å². The molecule has 3 nitrogen and oxygen atoms in total. The topological polar surface area (TPSA) is 38.7 Å². The van der Waals surface area contributed by atoms with Gasteiger partial charge in [-0.15, -0.1) is 0 Å². The molecule has 0 saturated heterocycles. The third kappa shape index (κ3) is 5.01. The minimum Gasteiger partial charge on any atom is -0.208 e. The molecule has 0 aliphatic heterocycles. The van der Waals surface area contributed by atoms with Crippen LogP contribution < -0.4 is 0 Å². The van der Waals surface area contributed by atoms with Crippen LogP contribution in [0.2, 0.25) is 0 Å². The van der Waals surface area contributed by atoms with E-state index in [1.165, 1.54) is 65.5 Å². The molecule has 8 aromatic rings. The molecule has 1 heterocycles. The maximum atomic E-state index is 5.43. The van der Waals surface area contributed by atoms with E-state index in [2.05, 4.69) is 178 Å². The number of aromatic nitrogens is 3. The standard InChI is InChI=1S/C58H47N3/c1-57(2)49-27-25-39(34-48(49)52-51(57)28-26-45-44-21-13-14-24-50(44)58(53(45)52)40-30-35-29-36(32-40)33-41(58)31-35)54-59-55(46-22-11-9-19-42(46)37-15-5-3-6-16-37)61-56(60-54)47-23-12-10-20-43(47)38-17-7-4-8-18-38/h3-28,34-36,40-41H,29-33H2,1-2H3. The molecule has 14 rings (SSSR count). The van der Waals surface area contributed by atoms with E-state index >= 15 is 0 Å². The average molecular weight is 786 g/mol. The van der Waals surface area contributed by atoms with Crippen molar-refractivity contribution in [3.63, 3.8) is 0 Å². The lowest BCUT2D eigenvalue weighted by Gasteiger charge is -2.61. The normalized spacial score (nSPS) is 23.1. The van der Waals surface area contributed by atoms with Crippen LogP contribution in [0.1, 0.15) is 68.2 Å². The van der Waals surface area contributed by atoms with Crippen LogP contribution in [0.3, 0.4) is 0 Å². The summed E-state index contributed by atoms with van der Waals surface area (Å²) in [6, 6.07) is 59.8. The molecule has 4 fully saturated rings. The first kappa shape index (κ1) is 35.3. The summed E-state index contributed by atoms with van der Waals surface area (Å²) in [6.07, 6.45) is 6.92. The van der Waals surface area contributed by atoms with Crippen molar-refractivity contribution in [3.05, 3.63) is 186 Å². The average Bonchev–Trinajstić information content (AvgIpc) is 3.73. The van der Waals surface area contributed by atoms with Gasteiger partial charge < -0.3 is 0 Å². The van der Waals surface area contributed by atoms with Gasteiger partial charge in [0.2, 0.25) is 0 Å². The lowest BCUT2D eigenvalue weighted by molar-refractivity contribution is -0.0397. The fourth-order valence-electron chi connectivity index (χ4n) is 13.5. The molecule has 4 bridgehead atoms. The summed E-state index contributed by atoms with van der Waals surface area (Å²) < 4.78 is 0. The smallest absolute Gasteiger partial charge is 0.164 e. The Balaban J connectivity index is 1.05. The van der Waals surface area contributed by atoms with E-state index in [1.54, 1.807) is 11.1 Å². The van der Waals surface area contributed by atoms with Gasteiger partial charge in [0, 0.05) is 27.5 Å². The molecule has 0 amide bonds. The summed E-state index contributed by atoms with van der Waals surface area (Å²) in [7, 11) is 0. The monoisotopic (exact) mass is 785 g/mol. The predicted molar refractivity (Wildman–Crippen MR) is 248 cm³/mol. The van der Waals surface area contributed by atoms with Crippen LogP contribution in [0.5, 0.6) is 0 Å².